The molecule has 1 fully saturated rings. The molecule has 1 saturated heterocycles. The third-order valence-electron chi connectivity index (χ3n) is 2.87. The highest BCUT2D eigenvalue weighted by Crippen LogP contribution is 2.24. The first kappa shape index (κ1) is 13.6. The number of hydrogen-bond donors (Lipinski definition) is 0. The van der Waals surface area contributed by atoms with Crippen LogP contribution < -0.4 is 4.74 Å². The van der Waals surface area contributed by atoms with Crippen LogP contribution in [0.5, 0.6) is 5.75 Å². The predicted molar refractivity (Wildman–Crippen MR) is 68.7 cm³/mol. The minimum Gasteiger partial charge on any atom is -0.491 e. The summed E-state index contributed by atoms with van der Waals surface area (Å²) in [5.41, 5.74) is 0.579. The zero-order chi connectivity index (χ0) is 13.2. The van der Waals surface area contributed by atoms with Crippen LogP contribution >= 0.6 is 10.7 Å². The third kappa shape index (κ3) is 3.37. The molecule has 100 valence electrons. The van der Waals surface area contributed by atoms with Gasteiger partial charge in [-0.15, -0.1) is 0 Å². The van der Waals surface area contributed by atoms with Gasteiger partial charge in [-0.2, -0.15) is 0 Å². The van der Waals surface area contributed by atoms with Gasteiger partial charge in [0.2, 0.25) is 0 Å². The van der Waals surface area contributed by atoms with Crippen LogP contribution in [0.2, 0.25) is 0 Å². The maximum atomic E-state index is 11.2. The van der Waals surface area contributed by atoms with E-state index in [9.17, 15) is 8.42 Å². The summed E-state index contributed by atoms with van der Waals surface area (Å²) in [5, 5.41) is 0. The maximum Gasteiger partial charge on any atom is 0.261 e. The van der Waals surface area contributed by atoms with E-state index in [1.54, 1.807) is 19.1 Å². The summed E-state index contributed by atoms with van der Waals surface area (Å²) >= 11 is 0. The van der Waals surface area contributed by atoms with E-state index >= 15 is 0 Å². The predicted octanol–water partition coefficient (Wildman–Crippen LogP) is 2.48. The molecule has 0 aromatic heterocycles. The van der Waals surface area contributed by atoms with Crippen LogP contribution in [-0.4, -0.2) is 27.7 Å². The van der Waals surface area contributed by atoms with Gasteiger partial charge in [-0.3, -0.25) is 0 Å². The van der Waals surface area contributed by atoms with Crippen LogP contribution in [-0.2, 0) is 13.8 Å². The number of ether oxygens (including phenoxy) is 2. The zero-order valence-corrected chi connectivity index (χ0v) is 11.6. The topological polar surface area (TPSA) is 52.6 Å². The van der Waals surface area contributed by atoms with Crippen molar-refractivity contribution in [2.75, 3.05) is 13.2 Å². The van der Waals surface area contributed by atoms with Gasteiger partial charge >= 0.3 is 0 Å². The Labute approximate surface area is 111 Å². The van der Waals surface area contributed by atoms with E-state index in [2.05, 4.69) is 0 Å². The lowest BCUT2D eigenvalue weighted by Crippen LogP contribution is -2.16. The van der Waals surface area contributed by atoms with Crippen molar-refractivity contribution in [2.24, 2.45) is 0 Å². The van der Waals surface area contributed by atoms with Gasteiger partial charge in [-0.1, -0.05) is 0 Å². The van der Waals surface area contributed by atoms with Crippen molar-refractivity contribution >= 4 is 19.7 Å². The number of rotatable bonds is 4. The molecule has 0 spiro atoms. The summed E-state index contributed by atoms with van der Waals surface area (Å²) in [7, 11) is 1.62. The number of halogens is 1. The second-order valence-electron chi connectivity index (χ2n) is 4.31. The average molecular weight is 291 g/mol. The van der Waals surface area contributed by atoms with E-state index in [-0.39, 0.29) is 11.0 Å². The van der Waals surface area contributed by atoms with Crippen LogP contribution in [0.25, 0.3) is 0 Å². The normalized spacial score (nSPS) is 20.0. The Morgan fingerprint density at radius 2 is 2.28 bits per heavy atom. The SMILES string of the molecule is Cc1cc(OC[C@@H]2CCCO2)ccc1S(=O)(=O)Cl. The molecule has 1 heterocycles. The molecule has 0 N–H and O–H groups in total. The van der Waals surface area contributed by atoms with Gasteiger partial charge in [0, 0.05) is 17.3 Å². The molecule has 2 rings (SSSR count). The second-order valence-corrected chi connectivity index (χ2v) is 6.85. The highest BCUT2D eigenvalue weighted by Gasteiger charge is 2.17. The Morgan fingerprint density at radius 1 is 1.50 bits per heavy atom. The molecule has 6 heteroatoms. The van der Waals surface area contributed by atoms with Crippen molar-refractivity contribution in [3.8, 4) is 5.75 Å². The molecular formula is C12H15ClO4S. The molecule has 0 amide bonds. The van der Waals surface area contributed by atoms with E-state index in [0.29, 0.717) is 17.9 Å². The van der Waals surface area contributed by atoms with Gasteiger partial charge in [0.1, 0.15) is 12.4 Å². The summed E-state index contributed by atoms with van der Waals surface area (Å²) in [6.45, 7) is 2.97. The van der Waals surface area contributed by atoms with E-state index in [1.807, 2.05) is 0 Å². The first-order chi connectivity index (χ1) is 8.47. The summed E-state index contributed by atoms with van der Waals surface area (Å²) in [5.74, 6) is 0.632. The molecule has 18 heavy (non-hydrogen) atoms. The van der Waals surface area contributed by atoms with Crippen LogP contribution in [0.1, 0.15) is 18.4 Å². The monoisotopic (exact) mass is 290 g/mol. The standard InChI is InChI=1S/C12H15ClO4S/c1-9-7-10(4-5-12(9)18(13,14)15)17-8-11-3-2-6-16-11/h4-5,7,11H,2-3,6,8H2,1H3/t11-/m0/s1. The Hall–Kier alpha value is -0.780. The first-order valence-corrected chi connectivity index (χ1v) is 8.07. The Bertz CT molecular complexity index is 521. The smallest absolute Gasteiger partial charge is 0.261 e. The van der Waals surface area contributed by atoms with Crippen molar-refractivity contribution in [2.45, 2.75) is 30.8 Å². The molecule has 0 aliphatic carbocycles. The summed E-state index contributed by atoms with van der Waals surface area (Å²) in [4.78, 5) is 0.119. The molecule has 0 unspecified atom stereocenters. The number of hydrogen-bond acceptors (Lipinski definition) is 4. The number of benzene rings is 1. The Morgan fingerprint density at radius 3 is 2.83 bits per heavy atom. The molecule has 0 bridgehead atoms. The largest absolute Gasteiger partial charge is 0.491 e. The highest BCUT2D eigenvalue weighted by atomic mass is 35.7. The zero-order valence-electron chi connectivity index (χ0n) is 10.1. The van der Waals surface area contributed by atoms with Crippen molar-refractivity contribution < 1.29 is 17.9 Å². The molecule has 1 atom stereocenters. The molecule has 0 radical (unpaired) electrons. The molecule has 1 aromatic carbocycles. The summed E-state index contributed by atoms with van der Waals surface area (Å²) in [6, 6.07) is 4.74. The van der Waals surface area contributed by atoms with Crippen LogP contribution in [0, 0.1) is 6.92 Å². The van der Waals surface area contributed by atoms with Gasteiger partial charge in [-0.05, 0) is 43.5 Å². The van der Waals surface area contributed by atoms with Crippen LogP contribution in [0.4, 0.5) is 0 Å². The highest BCUT2D eigenvalue weighted by molar-refractivity contribution is 8.13. The fraction of sp³-hybridized carbons (Fsp3) is 0.500. The van der Waals surface area contributed by atoms with Gasteiger partial charge in [0.15, 0.2) is 0 Å². The van der Waals surface area contributed by atoms with Crippen LogP contribution in [0.15, 0.2) is 23.1 Å². The lowest BCUT2D eigenvalue weighted by molar-refractivity contribution is 0.0679. The van der Waals surface area contributed by atoms with E-state index in [1.165, 1.54) is 6.07 Å². The van der Waals surface area contributed by atoms with Crippen molar-refractivity contribution in [3.63, 3.8) is 0 Å². The lowest BCUT2D eigenvalue weighted by Gasteiger charge is -2.12. The molecule has 1 aliphatic rings. The van der Waals surface area contributed by atoms with Gasteiger partial charge in [0.05, 0.1) is 11.0 Å². The lowest BCUT2D eigenvalue weighted by atomic mass is 10.2. The van der Waals surface area contributed by atoms with Crippen molar-refractivity contribution in [1.29, 1.82) is 0 Å². The minimum atomic E-state index is -3.69. The third-order valence-corrected chi connectivity index (χ3v) is 4.35. The fourth-order valence-electron chi connectivity index (χ4n) is 1.95. The fourth-order valence-corrected chi connectivity index (χ4v) is 3.14. The van der Waals surface area contributed by atoms with E-state index in [0.717, 1.165) is 19.4 Å². The van der Waals surface area contributed by atoms with Gasteiger partial charge in [-0.25, -0.2) is 8.42 Å². The molecule has 1 aromatic rings. The quantitative estimate of drug-likeness (QED) is 0.800. The average Bonchev–Trinajstić information content (AvgIpc) is 2.77. The maximum absolute atomic E-state index is 11.2. The van der Waals surface area contributed by atoms with E-state index in [4.69, 9.17) is 20.2 Å². The van der Waals surface area contributed by atoms with Crippen molar-refractivity contribution in [1.82, 2.24) is 0 Å². The van der Waals surface area contributed by atoms with Crippen LogP contribution in [0.3, 0.4) is 0 Å². The summed E-state index contributed by atoms with van der Waals surface area (Å²) in [6.07, 6.45) is 2.21. The number of aryl methyl sites for hydroxylation is 1. The second kappa shape index (κ2) is 5.47. The van der Waals surface area contributed by atoms with Gasteiger partial charge in [0.25, 0.3) is 9.05 Å². The first-order valence-electron chi connectivity index (χ1n) is 5.76. The molecule has 4 nitrogen and oxygen atoms in total. The van der Waals surface area contributed by atoms with Crippen molar-refractivity contribution in [3.05, 3.63) is 23.8 Å². The molecule has 0 saturated carbocycles. The van der Waals surface area contributed by atoms with E-state index < -0.39 is 9.05 Å². The Balaban J connectivity index is 2.04. The molecular weight excluding hydrogens is 276 g/mol. The Kier molecular flexibility index (Phi) is 4.14. The minimum absolute atomic E-state index is 0.119. The van der Waals surface area contributed by atoms with Gasteiger partial charge < -0.3 is 9.47 Å². The molecule has 1 aliphatic heterocycles. The summed E-state index contributed by atoms with van der Waals surface area (Å²) < 4.78 is 33.5.